The molecule has 4 heteroatoms. The van der Waals surface area contributed by atoms with Crippen molar-refractivity contribution in [1.29, 1.82) is 0 Å². The van der Waals surface area contributed by atoms with Crippen LogP contribution in [0, 0.1) is 0 Å². The Morgan fingerprint density at radius 3 is 2.36 bits per heavy atom. The van der Waals surface area contributed by atoms with Gasteiger partial charge in [-0.05, 0) is 17.7 Å². The molecule has 0 radical (unpaired) electrons. The van der Waals surface area contributed by atoms with Crippen LogP contribution in [-0.2, 0) is 11.2 Å². The molecule has 25 heavy (non-hydrogen) atoms. The molecule has 0 bridgehead atoms. The number of carbonyl (C=O) groups is 1. The molecule has 0 aromatic heterocycles. The highest BCUT2D eigenvalue weighted by molar-refractivity contribution is 5.80. The molecule has 130 valence electrons. The predicted octanol–water partition coefficient (Wildman–Crippen LogP) is 2.29. The van der Waals surface area contributed by atoms with Crippen LogP contribution in [0.25, 0.3) is 0 Å². The molecule has 2 aromatic rings. The van der Waals surface area contributed by atoms with Crippen LogP contribution in [0.1, 0.15) is 41.6 Å². The molecule has 4 nitrogen and oxygen atoms in total. The van der Waals surface area contributed by atoms with Crippen molar-refractivity contribution in [1.82, 2.24) is 0 Å². The minimum Gasteiger partial charge on any atom is -0.493 e. The fraction of sp³-hybridized carbons (Fsp3) is 0.381. The van der Waals surface area contributed by atoms with Crippen molar-refractivity contribution in [2.24, 2.45) is 0 Å². The van der Waals surface area contributed by atoms with Crippen LogP contribution in [0.4, 0.5) is 0 Å². The number of piperidine rings is 1. The Labute approximate surface area is 148 Å². The smallest absolute Gasteiger partial charge is 0.161 e. The second-order valence-corrected chi connectivity index (χ2v) is 6.94. The fourth-order valence-corrected chi connectivity index (χ4v) is 4.48. The second-order valence-electron chi connectivity index (χ2n) is 6.94. The number of carbonyl (C=O) groups excluding carboxylic acids is 1. The number of Topliss-reactive ketones (excluding diaryl/α,β-unsaturated/α-hetero) is 1. The van der Waals surface area contributed by atoms with Crippen molar-refractivity contribution in [2.75, 3.05) is 20.8 Å². The quantitative estimate of drug-likeness (QED) is 0.933. The summed E-state index contributed by atoms with van der Waals surface area (Å²) in [5.74, 6) is 1.87. The molecule has 0 aliphatic carbocycles. The number of quaternary nitrogens is 1. The number of nitrogens with one attached hydrogen (secondary N) is 1. The summed E-state index contributed by atoms with van der Waals surface area (Å²) in [5, 5.41) is 0. The van der Waals surface area contributed by atoms with Gasteiger partial charge in [-0.1, -0.05) is 30.3 Å². The van der Waals surface area contributed by atoms with Crippen LogP contribution < -0.4 is 14.4 Å². The molecule has 2 aliphatic heterocycles. The van der Waals surface area contributed by atoms with Crippen molar-refractivity contribution in [3.05, 3.63) is 59.2 Å². The van der Waals surface area contributed by atoms with Crippen LogP contribution in [0.3, 0.4) is 0 Å². The number of ketones is 1. The minimum absolute atomic E-state index is 0.204. The summed E-state index contributed by atoms with van der Waals surface area (Å²) in [4.78, 5) is 14.0. The van der Waals surface area contributed by atoms with Crippen molar-refractivity contribution in [3.63, 3.8) is 0 Å². The summed E-state index contributed by atoms with van der Waals surface area (Å²) >= 11 is 0. The average Bonchev–Trinajstić information content (AvgIpc) is 2.66. The zero-order chi connectivity index (χ0) is 17.4. The van der Waals surface area contributed by atoms with Crippen LogP contribution >= 0.6 is 0 Å². The third kappa shape index (κ3) is 2.81. The van der Waals surface area contributed by atoms with E-state index in [-0.39, 0.29) is 12.1 Å². The van der Waals surface area contributed by atoms with Gasteiger partial charge in [0.15, 0.2) is 11.5 Å². The summed E-state index contributed by atoms with van der Waals surface area (Å²) < 4.78 is 11.0. The van der Waals surface area contributed by atoms with Crippen LogP contribution in [0.15, 0.2) is 42.5 Å². The first kappa shape index (κ1) is 16.2. The van der Waals surface area contributed by atoms with E-state index in [1.807, 2.05) is 6.07 Å². The van der Waals surface area contributed by atoms with Crippen LogP contribution in [-0.4, -0.2) is 26.5 Å². The van der Waals surface area contributed by atoms with Crippen molar-refractivity contribution in [3.8, 4) is 11.5 Å². The van der Waals surface area contributed by atoms with Gasteiger partial charge in [0.1, 0.15) is 17.9 Å². The highest BCUT2D eigenvalue weighted by Gasteiger charge is 2.43. The Hall–Kier alpha value is -2.33. The normalized spacial score (nSPS) is 25.0. The number of benzene rings is 2. The van der Waals surface area contributed by atoms with E-state index in [0.717, 1.165) is 24.5 Å². The van der Waals surface area contributed by atoms with Gasteiger partial charge in [-0.25, -0.2) is 0 Å². The minimum atomic E-state index is 0.204. The molecular formula is C21H24NO3+. The lowest BCUT2D eigenvalue weighted by molar-refractivity contribution is -0.965. The monoisotopic (exact) mass is 338 g/mol. The summed E-state index contributed by atoms with van der Waals surface area (Å²) in [7, 11) is 3.33. The Morgan fingerprint density at radius 2 is 1.64 bits per heavy atom. The molecule has 0 spiro atoms. The van der Waals surface area contributed by atoms with E-state index in [0.29, 0.717) is 18.6 Å². The molecule has 4 rings (SSSR count). The number of methoxy groups -OCH3 is 2. The number of fused-ring (bicyclic) bond motifs is 3. The van der Waals surface area contributed by atoms with Gasteiger partial charge < -0.3 is 14.4 Å². The maximum atomic E-state index is 12.5. The van der Waals surface area contributed by atoms with Gasteiger partial charge in [0.2, 0.25) is 0 Å². The molecular weight excluding hydrogens is 314 g/mol. The first-order valence-corrected chi connectivity index (χ1v) is 8.88. The standard InChI is InChI=1S/C21H23NO3/c1-24-20-10-15-8-9-22-18(14-6-4-3-5-7-14)11-16(23)12-19(22)17(15)13-21(20)25-2/h3-7,10,13,18-19H,8-9,11-12H2,1-2H3/p+1/t18-,19?/m1/s1. The molecule has 1 fully saturated rings. The average molecular weight is 338 g/mol. The van der Waals surface area contributed by atoms with E-state index in [2.05, 4.69) is 36.4 Å². The molecule has 2 unspecified atom stereocenters. The lowest BCUT2D eigenvalue weighted by atomic mass is 9.81. The maximum absolute atomic E-state index is 12.5. The Balaban J connectivity index is 1.75. The third-order valence-corrected chi connectivity index (χ3v) is 5.66. The van der Waals surface area contributed by atoms with Gasteiger partial charge in [0.25, 0.3) is 0 Å². The van der Waals surface area contributed by atoms with Crippen LogP contribution in [0.5, 0.6) is 11.5 Å². The van der Waals surface area contributed by atoms with Gasteiger partial charge >= 0.3 is 0 Å². The second kappa shape index (κ2) is 6.52. The summed E-state index contributed by atoms with van der Waals surface area (Å²) in [5.41, 5.74) is 3.79. The first-order chi connectivity index (χ1) is 12.2. The van der Waals surface area contributed by atoms with Crippen molar-refractivity contribution in [2.45, 2.75) is 31.3 Å². The summed E-state index contributed by atoms with van der Waals surface area (Å²) in [6.07, 6.45) is 2.25. The topological polar surface area (TPSA) is 40.0 Å². The molecule has 0 saturated carbocycles. The van der Waals surface area contributed by atoms with Crippen LogP contribution in [0.2, 0.25) is 0 Å². The summed E-state index contributed by atoms with van der Waals surface area (Å²) in [6.45, 7) is 1.04. The zero-order valence-electron chi connectivity index (χ0n) is 14.7. The SMILES string of the molecule is COc1cc2c(cc1OC)C1CC(=O)C[C@H](c3ccccc3)[NH+]1CC2. The first-order valence-electron chi connectivity index (χ1n) is 8.88. The maximum Gasteiger partial charge on any atom is 0.161 e. The van der Waals surface area contributed by atoms with Gasteiger partial charge in [-0.2, -0.15) is 0 Å². The fourth-order valence-electron chi connectivity index (χ4n) is 4.48. The van der Waals surface area contributed by atoms with E-state index >= 15 is 0 Å². The van der Waals surface area contributed by atoms with E-state index in [1.165, 1.54) is 21.6 Å². The number of hydrogen-bond acceptors (Lipinski definition) is 3. The van der Waals surface area contributed by atoms with Gasteiger partial charge in [0.05, 0.1) is 33.6 Å². The molecule has 2 aliphatic rings. The lowest BCUT2D eigenvalue weighted by Gasteiger charge is -2.42. The number of hydrogen-bond donors (Lipinski definition) is 1. The zero-order valence-corrected chi connectivity index (χ0v) is 14.7. The van der Waals surface area contributed by atoms with Gasteiger partial charge in [0, 0.05) is 17.5 Å². The third-order valence-electron chi connectivity index (χ3n) is 5.66. The Kier molecular flexibility index (Phi) is 4.22. The molecule has 0 amide bonds. The van der Waals surface area contributed by atoms with E-state index < -0.39 is 0 Å². The Morgan fingerprint density at radius 1 is 0.960 bits per heavy atom. The number of ether oxygens (including phenoxy) is 2. The van der Waals surface area contributed by atoms with Crippen molar-refractivity contribution >= 4 is 5.78 Å². The van der Waals surface area contributed by atoms with Gasteiger partial charge in [-0.3, -0.25) is 4.79 Å². The van der Waals surface area contributed by atoms with E-state index in [4.69, 9.17) is 9.47 Å². The predicted molar refractivity (Wildman–Crippen MR) is 95.2 cm³/mol. The molecule has 1 saturated heterocycles. The van der Waals surface area contributed by atoms with E-state index in [1.54, 1.807) is 14.2 Å². The van der Waals surface area contributed by atoms with Gasteiger partial charge in [-0.15, -0.1) is 0 Å². The van der Waals surface area contributed by atoms with Crippen molar-refractivity contribution < 1.29 is 19.2 Å². The molecule has 3 atom stereocenters. The number of rotatable bonds is 3. The van der Waals surface area contributed by atoms with E-state index in [9.17, 15) is 4.79 Å². The largest absolute Gasteiger partial charge is 0.493 e. The lowest BCUT2D eigenvalue weighted by Crippen LogP contribution is -3.14. The molecule has 1 N–H and O–H groups in total. The molecule has 2 heterocycles. The summed E-state index contributed by atoms with van der Waals surface area (Å²) in [6, 6.07) is 15.1. The highest BCUT2D eigenvalue weighted by atomic mass is 16.5. The Bertz CT molecular complexity index is 787. The highest BCUT2D eigenvalue weighted by Crippen LogP contribution is 2.37. The molecule has 2 aromatic carbocycles.